The normalized spacial score (nSPS) is 11.4. The predicted molar refractivity (Wildman–Crippen MR) is 60.6 cm³/mol. The van der Waals surface area contributed by atoms with Crippen LogP contribution < -0.4 is 11.1 Å². The standard InChI is InChI=1S/C11H19N3O/c1-3-11(12,4-2)8-14-10(15)9-6-5-7-13-9/h5-7,13H,3-4,8,12H2,1-2H3,(H,14,15). The first-order valence-electron chi connectivity index (χ1n) is 5.32. The van der Waals surface area contributed by atoms with Gasteiger partial charge in [-0.05, 0) is 25.0 Å². The van der Waals surface area contributed by atoms with Crippen molar-refractivity contribution in [1.29, 1.82) is 0 Å². The van der Waals surface area contributed by atoms with E-state index in [0.29, 0.717) is 12.2 Å². The summed E-state index contributed by atoms with van der Waals surface area (Å²) in [5.74, 6) is -0.100. The maximum Gasteiger partial charge on any atom is 0.267 e. The zero-order valence-electron chi connectivity index (χ0n) is 9.34. The molecule has 0 aliphatic carbocycles. The van der Waals surface area contributed by atoms with Gasteiger partial charge in [0.25, 0.3) is 5.91 Å². The fourth-order valence-electron chi connectivity index (χ4n) is 1.32. The van der Waals surface area contributed by atoms with Crippen LogP contribution >= 0.6 is 0 Å². The lowest BCUT2D eigenvalue weighted by molar-refractivity contribution is 0.0938. The van der Waals surface area contributed by atoms with Gasteiger partial charge in [0.1, 0.15) is 5.69 Å². The average Bonchev–Trinajstić information content (AvgIpc) is 2.79. The van der Waals surface area contributed by atoms with Crippen LogP contribution in [0.15, 0.2) is 18.3 Å². The van der Waals surface area contributed by atoms with Crippen LogP contribution in [-0.4, -0.2) is 23.0 Å². The maximum absolute atomic E-state index is 11.6. The molecule has 1 rings (SSSR count). The highest BCUT2D eigenvalue weighted by molar-refractivity contribution is 5.92. The Kier molecular flexibility index (Phi) is 3.91. The summed E-state index contributed by atoms with van der Waals surface area (Å²) in [4.78, 5) is 14.4. The number of H-pyrrole nitrogens is 1. The van der Waals surface area contributed by atoms with Gasteiger partial charge >= 0.3 is 0 Å². The van der Waals surface area contributed by atoms with E-state index in [4.69, 9.17) is 5.73 Å². The summed E-state index contributed by atoms with van der Waals surface area (Å²) in [6.07, 6.45) is 3.44. The van der Waals surface area contributed by atoms with E-state index in [2.05, 4.69) is 10.3 Å². The van der Waals surface area contributed by atoms with Crippen molar-refractivity contribution >= 4 is 5.91 Å². The van der Waals surface area contributed by atoms with Crippen LogP contribution in [0, 0.1) is 0 Å². The van der Waals surface area contributed by atoms with E-state index in [1.807, 2.05) is 13.8 Å². The molecule has 84 valence electrons. The van der Waals surface area contributed by atoms with E-state index >= 15 is 0 Å². The fourth-order valence-corrected chi connectivity index (χ4v) is 1.32. The van der Waals surface area contributed by atoms with Crippen LogP contribution in [0.5, 0.6) is 0 Å². The summed E-state index contributed by atoms with van der Waals surface area (Å²) >= 11 is 0. The molecule has 0 aliphatic heterocycles. The summed E-state index contributed by atoms with van der Waals surface area (Å²) < 4.78 is 0. The van der Waals surface area contributed by atoms with Crippen molar-refractivity contribution in [3.8, 4) is 0 Å². The van der Waals surface area contributed by atoms with Crippen LogP contribution in [0.25, 0.3) is 0 Å². The molecule has 0 spiro atoms. The fraction of sp³-hybridized carbons (Fsp3) is 0.545. The number of hydrogen-bond acceptors (Lipinski definition) is 2. The van der Waals surface area contributed by atoms with Crippen molar-refractivity contribution in [2.24, 2.45) is 5.73 Å². The third-order valence-electron chi connectivity index (χ3n) is 2.85. The predicted octanol–water partition coefficient (Wildman–Crippen LogP) is 1.26. The van der Waals surface area contributed by atoms with Crippen LogP contribution in [0.1, 0.15) is 37.2 Å². The second-order valence-electron chi connectivity index (χ2n) is 3.84. The second kappa shape index (κ2) is 4.98. The molecule has 0 radical (unpaired) electrons. The number of aromatic nitrogens is 1. The number of amides is 1. The van der Waals surface area contributed by atoms with Gasteiger partial charge in [0, 0.05) is 18.3 Å². The minimum Gasteiger partial charge on any atom is -0.357 e. The van der Waals surface area contributed by atoms with Gasteiger partial charge in [-0.3, -0.25) is 4.79 Å². The molecule has 0 atom stereocenters. The summed E-state index contributed by atoms with van der Waals surface area (Å²) in [7, 11) is 0. The Hall–Kier alpha value is -1.29. The van der Waals surface area contributed by atoms with Crippen molar-refractivity contribution < 1.29 is 4.79 Å². The van der Waals surface area contributed by atoms with Crippen LogP contribution in [0.2, 0.25) is 0 Å². The molecule has 0 aromatic carbocycles. The lowest BCUT2D eigenvalue weighted by Gasteiger charge is -2.26. The van der Waals surface area contributed by atoms with Crippen molar-refractivity contribution in [3.05, 3.63) is 24.0 Å². The van der Waals surface area contributed by atoms with Crippen molar-refractivity contribution in [2.45, 2.75) is 32.2 Å². The van der Waals surface area contributed by atoms with Crippen molar-refractivity contribution in [2.75, 3.05) is 6.54 Å². The Morgan fingerprint density at radius 2 is 2.20 bits per heavy atom. The van der Waals surface area contributed by atoms with Crippen LogP contribution in [0.4, 0.5) is 0 Å². The number of nitrogens with two attached hydrogens (primary N) is 1. The molecule has 0 saturated heterocycles. The SMILES string of the molecule is CCC(N)(CC)CNC(=O)c1ccc[nH]1. The molecule has 4 heteroatoms. The second-order valence-corrected chi connectivity index (χ2v) is 3.84. The maximum atomic E-state index is 11.6. The summed E-state index contributed by atoms with van der Waals surface area (Å²) in [5, 5.41) is 2.83. The van der Waals surface area contributed by atoms with E-state index in [1.54, 1.807) is 18.3 Å². The topological polar surface area (TPSA) is 70.9 Å². The van der Waals surface area contributed by atoms with Gasteiger partial charge < -0.3 is 16.0 Å². The molecule has 15 heavy (non-hydrogen) atoms. The average molecular weight is 209 g/mol. The Labute approximate surface area is 90.2 Å². The molecule has 1 heterocycles. The number of rotatable bonds is 5. The molecular weight excluding hydrogens is 190 g/mol. The summed E-state index contributed by atoms with van der Waals surface area (Å²) in [6, 6.07) is 3.54. The zero-order chi connectivity index (χ0) is 11.3. The highest BCUT2D eigenvalue weighted by atomic mass is 16.1. The lowest BCUT2D eigenvalue weighted by atomic mass is 9.94. The first-order chi connectivity index (χ1) is 7.11. The van der Waals surface area contributed by atoms with E-state index in [-0.39, 0.29) is 11.4 Å². The van der Waals surface area contributed by atoms with E-state index < -0.39 is 0 Å². The zero-order valence-corrected chi connectivity index (χ0v) is 9.34. The van der Waals surface area contributed by atoms with Crippen LogP contribution in [-0.2, 0) is 0 Å². The summed E-state index contributed by atoms with van der Waals surface area (Å²) in [6.45, 7) is 4.58. The molecule has 4 N–H and O–H groups in total. The molecule has 1 aromatic rings. The van der Waals surface area contributed by atoms with Gasteiger partial charge in [-0.1, -0.05) is 13.8 Å². The van der Waals surface area contributed by atoms with E-state index in [9.17, 15) is 4.79 Å². The minimum absolute atomic E-state index is 0.100. The monoisotopic (exact) mass is 209 g/mol. The molecule has 0 aliphatic rings. The van der Waals surface area contributed by atoms with Gasteiger partial charge in [-0.15, -0.1) is 0 Å². The first-order valence-corrected chi connectivity index (χ1v) is 5.32. The molecule has 1 aromatic heterocycles. The Morgan fingerprint density at radius 1 is 1.53 bits per heavy atom. The molecule has 0 unspecified atom stereocenters. The quantitative estimate of drug-likeness (QED) is 0.683. The first kappa shape index (κ1) is 11.8. The third-order valence-corrected chi connectivity index (χ3v) is 2.85. The highest BCUT2D eigenvalue weighted by Gasteiger charge is 2.21. The van der Waals surface area contributed by atoms with Gasteiger partial charge in [0.15, 0.2) is 0 Å². The number of aromatic amines is 1. The van der Waals surface area contributed by atoms with Crippen LogP contribution in [0.3, 0.4) is 0 Å². The summed E-state index contributed by atoms with van der Waals surface area (Å²) in [5.41, 5.74) is 6.36. The Morgan fingerprint density at radius 3 is 2.67 bits per heavy atom. The molecular formula is C11H19N3O. The third kappa shape index (κ3) is 3.09. The van der Waals surface area contributed by atoms with Gasteiger partial charge in [-0.25, -0.2) is 0 Å². The van der Waals surface area contributed by atoms with Gasteiger partial charge in [-0.2, -0.15) is 0 Å². The van der Waals surface area contributed by atoms with Gasteiger partial charge in [0.2, 0.25) is 0 Å². The number of nitrogens with one attached hydrogen (secondary N) is 2. The molecule has 0 saturated carbocycles. The largest absolute Gasteiger partial charge is 0.357 e. The minimum atomic E-state index is -0.289. The van der Waals surface area contributed by atoms with E-state index in [0.717, 1.165) is 12.8 Å². The molecule has 0 fully saturated rings. The van der Waals surface area contributed by atoms with Gasteiger partial charge in [0.05, 0.1) is 0 Å². The number of hydrogen-bond donors (Lipinski definition) is 3. The Bertz CT molecular complexity index is 302. The Balaban J connectivity index is 2.47. The van der Waals surface area contributed by atoms with E-state index in [1.165, 1.54) is 0 Å². The lowest BCUT2D eigenvalue weighted by Crippen LogP contribution is -2.49. The molecule has 0 bridgehead atoms. The molecule has 1 amide bonds. The van der Waals surface area contributed by atoms with Crippen molar-refractivity contribution in [3.63, 3.8) is 0 Å². The number of carbonyl (C=O) groups is 1. The van der Waals surface area contributed by atoms with Crippen molar-refractivity contribution in [1.82, 2.24) is 10.3 Å². The highest BCUT2D eigenvalue weighted by Crippen LogP contribution is 2.09. The smallest absolute Gasteiger partial charge is 0.267 e. The molecule has 4 nitrogen and oxygen atoms in total. The number of carbonyl (C=O) groups excluding carboxylic acids is 1.